The SMILES string of the molecule is C[C@@H](CN1CCc2ccc(Br)cc21)NCc1ccncc1. The zero-order valence-corrected chi connectivity index (χ0v) is 13.8. The van der Waals surface area contributed by atoms with Crippen LogP contribution in [0.4, 0.5) is 5.69 Å². The van der Waals surface area contributed by atoms with E-state index in [1.54, 1.807) is 0 Å². The summed E-state index contributed by atoms with van der Waals surface area (Å²) in [6, 6.07) is 11.2. The molecule has 1 aromatic carbocycles. The lowest BCUT2D eigenvalue weighted by molar-refractivity contribution is 0.539. The summed E-state index contributed by atoms with van der Waals surface area (Å²) in [5.74, 6) is 0. The molecule has 3 rings (SSSR count). The van der Waals surface area contributed by atoms with E-state index in [0.29, 0.717) is 6.04 Å². The van der Waals surface area contributed by atoms with E-state index in [-0.39, 0.29) is 0 Å². The van der Waals surface area contributed by atoms with Crippen molar-refractivity contribution in [2.24, 2.45) is 0 Å². The molecule has 110 valence electrons. The summed E-state index contributed by atoms with van der Waals surface area (Å²) >= 11 is 3.57. The number of aromatic nitrogens is 1. The largest absolute Gasteiger partial charge is 0.369 e. The van der Waals surface area contributed by atoms with Crippen molar-refractivity contribution in [3.8, 4) is 0 Å². The molecular weight excluding hydrogens is 326 g/mol. The van der Waals surface area contributed by atoms with Crippen LogP contribution < -0.4 is 10.2 Å². The smallest absolute Gasteiger partial charge is 0.0411 e. The Kier molecular flexibility index (Phi) is 4.56. The van der Waals surface area contributed by atoms with E-state index in [9.17, 15) is 0 Å². The first-order valence-corrected chi connectivity index (χ1v) is 8.17. The number of benzene rings is 1. The second-order valence-corrected chi connectivity index (χ2v) is 6.52. The van der Waals surface area contributed by atoms with Gasteiger partial charge in [-0.05, 0) is 48.7 Å². The number of pyridine rings is 1. The maximum atomic E-state index is 4.05. The molecule has 0 saturated heterocycles. The molecule has 2 aromatic rings. The quantitative estimate of drug-likeness (QED) is 0.900. The van der Waals surface area contributed by atoms with Crippen molar-refractivity contribution in [3.63, 3.8) is 0 Å². The summed E-state index contributed by atoms with van der Waals surface area (Å²) in [4.78, 5) is 6.52. The molecule has 3 nitrogen and oxygen atoms in total. The number of nitrogens with one attached hydrogen (secondary N) is 1. The zero-order valence-electron chi connectivity index (χ0n) is 12.2. The van der Waals surface area contributed by atoms with Crippen LogP contribution in [0.25, 0.3) is 0 Å². The fourth-order valence-electron chi connectivity index (χ4n) is 2.80. The minimum atomic E-state index is 0.447. The summed E-state index contributed by atoms with van der Waals surface area (Å²) < 4.78 is 1.16. The van der Waals surface area contributed by atoms with Gasteiger partial charge in [-0.2, -0.15) is 0 Å². The molecule has 2 heterocycles. The topological polar surface area (TPSA) is 28.2 Å². The van der Waals surface area contributed by atoms with Crippen molar-refractivity contribution in [2.45, 2.75) is 25.9 Å². The average Bonchev–Trinajstić information content (AvgIpc) is 2.88. The van der Waals surface area contributed by atoms with Crippen LogP contribution in [0, 0.1) is 0 Å². The third-order valence-corrected chi connectivity index (χ3v) is 4.43. The molecule has 0 spiro atoms. The Morgan fingerprint density at radius 2 is 2.10 bits per heavy atom. The van der Waals surface area contributed by atoms with Gasteiger partial charge in [-0.1, -0.05) is 22.0 Å². The Balaban J connectivity index is 1.57. The highest BCUT2D eigenvalue weighted by Gasteiger charge is 2.20. The molecule has 1 aliphatic heterocycles. The zero-order chi connectivity index (χ0) is 14.7. The van der Waals surface area contributed by atoms with Crippen LogP contribution in [-0.2, 0) is 13.0 Å². The fourth-order valence-corrected chi connectivity index (χ4v) is 3.15. The van der Waals surface area contributed by atoms with Gasteiger partial charge in [0, 0.05) is 48.2 Å². The van der Waals surface area contributed by atoms with Gasteiger partial charge in [0.25, 0.3) is 0 Å². The standard InChI is InChI=1S/C17H20BrN3/c1-13(20-11-14-4-7-19-8-5-14)12-21-9-6-15-2-3-16(18)10-17(15)21/h2-5,7-8,10,13,20H,6,9,11-12H2,1H3/t13-/m0/s1. The minimum Gasteiger partial charge on any atom is -0.369 e. The fraction of sp³-hybridized carbons (Fsp3) is 0.353. The summed E-state index contributed by atoms with van der Waals surface area (Å²) in [6.45, 7) is 5.29. The van der Waals surface area contributed by atoms with Crippen molar-refractivity contribution in [3.05, 3.63) is 58.3 Å². The van der Waals surface area contributed by atoms with Crippen molar-refractivity contribution >= 4 is 21.6 Å². The molecule has 1 aromatic heterocycles. The second kappa shape index (κ2) is 6.58. The molecule has 0 saturated carbocycles. The summed E-state index contributed by atoms with van der Waals surface area (Å²) in [7, 11) is 0. The minimum absolute atomic E-state index is 0.447. The normalized spacial score (nSPS) is 15.0. The van der Waals surface area contributed by atoms with E-state index in [1.807, 2.05) is 12.4 Å². The lowest BCUT2D eigenvalue weighted by Gasteiger charge is -2.24. The lowest BCUT2D eigenvalue weighted by Crippen LogP contribution is -2.38. The maximum absolute atomic E-state index is 4.05. The number of hydrogen-bond acceptors (Lipinski definition) is 3. The monoisotopic (exact) mass is 345 g/mol. The molecule has 0 fully saturated rings. The Hall–Kier alpha value is -1.39. The summed E-state index contributed by atoms with van der Waals surface area (Å²) in [5, 5.41) is 3.59. The number of nitrogens with zero attached hydrogens (tertiary/aromatic N) is 2. The number of halogens is 1. The first-order valence-electron chi connectivity index (χ1n) is 7.38. The van der Waals surface area contributed by atoms with Gasteiger partial charge >= 0.3 is 0 Å². The van der Waals surface area contributed by atoms with E-state index in [0.717, 1.165) is 30.5 Å². The summed E-state index contributed by atoms with van der Waals surface area (Å²) in [5.41, 5.74) is 4.11. The van der Waals surface area contributed by atoms with Gasteiger partial charge in [0.2, 0.25) is 0 Å². The molecular formula is C17H20BrN3. The van der Waals surface area contributed by atoms with Gasteiger partial charge in [-0.25, -0.2) is 0 Å². The second-order valence-electron chi connectivity index (χ2n) is 5.61. The molecule has 0 bridgehead atoms. The van der Waals surface area contributed by atoms with Gasteiger partial charge in [0.1, 0.15) is 0 Å². The van der Waals surface area contributed by atoms with Gasteiger partial charge in [-0.3, -0.25) is 4.98 Å². The van der Waals surface area contributed by atoms with Crippen LogP contribution in [-0.4, -0.2) is 24.1 Å². The molecule has 0 unspecified atom stereocenters. The van der Waals surface area contributed by atoms with E-state index in [2.05, 4.69) is 68.4 Å². The highest BCUT2D eigenvalue weighted by atomic mass is 79.9. The van der Waals surface area contributed by atoms with E-state index >= 15 is 0 Å². The van der Waals surface area contributed by atoms with Gasteiger partial charge in [0.15, 0.2) is 0 Å². The van der Waals surface area contributed by atoms with Gasteiger partial charge < -0.3 is 10.2 Å². The van der Waals surface area contributed by atoms with Crippen LogP contribution in [0.3, 0.4) is 0 Å². The Labute approximate surface area is 134 Å². The predicted octanol–water partition coefficient (Wildman–Crippen LogP) is 3.38. The highest BCUT2D eigenvalue weighted by molar-refractivity contribution is 9.10. The molecule has 4 heteroatoms. The van der Waals surface area contributed by atoms with Crippen molar-refractivity contribution in [1.82, 2.24) is 10.3 Å². The summed E-state index contributed by atoms with van der Waals surface area (Å²) in [6.07, 6.45) is 4.84. The Morgan fingerprint density at radius 3 is 2.90 bits per heavy atom. The average molecular weight is 346 g/mol. The highest BCUT2D eigenvalue weighted by Crippen LogP contribution is 2.30. The van der Waals surface area contributed by atoms with E-state index in [4.69, 9.17) is 0 Å². The molecule has 1 atom stereocenters. The number of rotatable bonds is 5. The molecule has 0 radical (unpaired) electrons. The third-order valence-electron chi connectivity index (χ3n) is 3.94. The maximum Gasteiger partial charge on any atom is 0.0411 e. The lowest BCUT2D eigenvalue weighted by atomic mass is 10.2. The van der Waals surface area contributed by atoms with Crippen molar-refractivity contribution in [2.75, 3.05) is 18.0 Å². The Morgan fingerprint density at radius 1 is 1.29 bits per heavy atom. The van der Waals surface area contributed by atoms with Crippen molar-refractivity contribution in [1.29, 1.82) is 0 Å². The van der Waals surface area contributed by atoms with Gasteiger partial charge in [0.05, 0.1) is 0 Å². The Bertz CT molecular complexity index is 600. The third kappa shape index (κ3) is 3.63. The number of hydrogen-bond donors (Lipinski definition) is 1. The molecule has 1 aliphatic rings. The van der Waals surface area contributed by atoms with Crippen LogP contribution in [0.5, 0.6) is 0 Å². The predicted molar refractivity (Wildman–Crippen MR) is 90.6 cm³/mol. The van der Waals surface area contributed by atoms with Crippen molar-refractivity contribution < 1.29 is 0 Å². The number of anilines is 1. The molecule has 0 aliphatic carbocycles. The molecule has 0 amide bonds. The van der Waals surface area contributed by atoms with Gasteiger partial charge in [-0.15, -0.1) is 0 Å². The first kappa shape index (κ1) is 14.5. The van der Waals surface area contributed by atoms with Crippen LogP contribution in [0.15, 0.2) is 47.2 Å². The van der Waals surface area contributed by atoms with Crippen LogP contribution in [0.2, 0.25) is 0 Å². The molecule has 21 heavy (non-hydrogen) atoms. The van der Waals surface area contributed by atoms with E-state index < -0.39 is 0 Å². The van der Waals surface area contributed by atoms with Crippen LogP contribution >= 0.6 is 15.9 Å². The molecule has 1 N–H and O–H groups in total. The van der Waals surface area contributed by atoms with Crippen LogP contribution in [0.1, 0.15) is 18.1 Å². The number of fused-ring (bicyclic) bond motifs is 1. The van der Waals surface area contributed by atoms with E-state index in [1.165, 1.54) is 16.8 Å². The first-order chi connectivity index (χ1) is 10.2.